The zero-order valence-electron chi connectivity index (χ0n) is 9.75. The van der Waals surface area contributed by atoms with Crippen molar-refractivity contribution in [3.05, 3.63) is 22.4 Å². The maximum Gasteiger partial charge on any atom is 0.355 e. The van der Waals surface area contributed by atoms with Crippen LogP contribution in [0.15, 0.2) is 16.7 Å². The van der Waals surface area contributed by atoms with Gasteiger partial charge in [-0.1, -0.05) is 6.92 Å². The minimum absolute atomic E-state index is 0.0841. The first-order valence-electron chi connectivity index (χ1n) is 5.33. The second kappa shape index (κ2) is 6.44. The lowest BCUT2D eigenvalue weighted by Crippen LogP contribution is -2.35. The summed E-state index contributed by atoms with van der Waals surface area (Å²) in [6, 6.07) is 1.68. The van der Waals surface area contributed by atoms with E-state index in [0.717, 1.165) is 10.9 Å². The average molecular weight is 303 g/mol. The number of carbonyl (C=O) groups excluding carboxylic acids is 2. The number of hydrogen-bond acceptors (Lipinski definition) is 3. The maximum atomic E-state index is 11.5. The van der Waals surface area contributed by atoms with Crippen molar-refractivity contribution in [1.82, 2.24) is 10.3 Å². The summed E-state index contributed by atoms with van der Waals surface area (Å²) in [7, 11) is 0. The Balaban J connectivity index is 2.36. The van der Waals surface area contributed by atoms with Crippen LogP contribution in [0.1, 0.15) is 30.8 Å². The first kappa shape index (κ1) is 13.8. The highest BCUT2D eigenvalue weighted by atomic mass is 79.9. The van der Waals surface area contributed by atoms with Crippen molar-refractivity contribution >= 4 is 27.8 Å². The fraction of sp³-hybridized carbons (Fsp3) is 0.455. The number of H-pyrrole nitrogens is 1. The second-order valence-electron chi connectivity index (χ2n) is 3.68. The number of carbonyl (C=O) groups is 2. The predicted molar refractivity (Wildman–Crippen MR) is 66.7 cm³/mol. The van der Waals surface area contributed by atoms with Crippen LogP contribution in [0.5, 0.6) is 0 Å². The van der Waals surface area contributed by atoms with Crippen LogP contribution in [0, 0.1) is 0 Å². The van der Waals surface area contributed by atoms with Crippen molar-refractivity contribution in [2.24, 2.45) is 0 Å². The van der Waals surface area contributed by atoms with E-state index in [4.69, 9.17) is 4.74 Å². The zero-order valence-corrected chi connectivity index (χ0v) is 11.3. The van der Waals surface area contributed by atoms with E-state index in [-0.39, 0.29) is 18.6 Å². The van der Waals surface area contributed by atoms with Gasteiger partial charge < -0.3 is 15.0 Å². The molecule has 94 valence electrons. The molecule has 2 N–H and O–H groups in total. The molecular formula is C11H15BrN2O3. The molecule has 0 aliphatic carbocycles. The third-order valence-corrected chi connectivity index (χ3v) is 2.68. The van der Waals surface area contributed by atoms with E-state index >= 15 is 0 Å². The van der Waals surface area contributed by atoms with Gasteiger partial charge in [0.1, 0.15) is 5.69 Å². The molecule has 1 atom stereocenters. The minimum atomic E-state index is -0.546. The lowest BCUT2D eigenvalue weighted by Gasteiger charge is -2.11. The fourth-order valence-corrected chi connectivity index (χ4v) is 1.46. The number of amides is 1. The van der Waals surface area contributed by atoms with Gasteiger partial charge >= 0.3 is 5.97 Å². The standard InChI is InChI=1S/C11H15BrN2O3/c1-3-7(2)14-10(15)6-17-11(16)9-4-8(12)5-13-9/h4-5,7,13H,3,6H2,1-2H3,(H,14,15). The molecule has 6 heteroatoms. The number of halogens is 1. The molecule has 0 aliphatic rings. The summed E-state index contributed by atoms with van der Waals surface area (Å²) in [5, 5.41) is 2.71. The van der Waals surface area contributed by atoms with Crippen LogP contribution in [-0.2, 0) is 9.53 Å². The summed E-state index contributed by atoms with van der Waals surface area (Å²) in [5.41, 5.74) is 0.313. The van der Waals surface area contributed by atoms with Crippen LogP contribution in [-0.4, -0.2) is 29.5 Å². The summed E-state index contributed by atoms with van der Waals surface area (Å²) < 4.78 is 5.60. The van der Waals surface area contributed by atoms with Gasteiger partial charge in [-0.05, 0) is 35.3 Å². The number of rotatable bonds is 5. The lowest BCUT2D eigenvalue weighted by atomic mass is 10.2. The third-order valence-electron chi connectivity index (χ3n) is 2.22. The lowest BCUT2D eigenvalue weighted by molar-refractivity contribution is -0.124. The van der Waals surface area contributed by atoms with Crippen molar-refractivity contribution in [1.29, 1.82) is 0 Å². The Morgan fingerprint density at radius 1 is 1.59 bits per heavy atom. The van der Waals surface area contributed by atoms with Crippen molar-refractivity contribution in [3.63, 3.8) is 0 Å². The largest absolute Gasteiger partial charge is 0.451 e. The Kier molecular flexibility index (Phi) is 5.21. The summed E-state index contributed by atoms with van der Waals surface area (Å²) in [5.74, 6) is -0.840. The molecule has 5 nitrogen and oxygen atoms in total. The smallest absolute Gasteiger partial charge is 0.355 e. The monoisotopic (exact) mass is 302 g/mol. The van der Waals surface area contributed by atoms with Gasteiger partial charge in [0, 0.05) is 16.7 Å². The number of aromatic amines is 1. The average Bonchev–Trinajstić information content (AvgIpc) is 2.72. The van der Waals surface area contributed by atoms with Crippen LogP contribution in [0.2, 0.25) is 0 Å². The molecule has 17 heavy (non-hydrogen) atoms. The SMILES string of the molecule is CCC(C)NC(=O)COC(=O)c1cc(Br)c[nH]1. The van der Waals surface area contributed by atoms with E-state index in [2.05, 4.69) is 26.2 Å². The maximum absolute atomic E-state index is 11.5. The zero-order chi connectivity index (χ0) is 12.8. The van der Waals surface area contributed by atoms with E-state index in [1.165, 1.54) is 0 Å². The Bertz CT molecular complexity index is 403. The minimum Gasteiger partial charge on any atom is -0.451 e. The molecule has 0 saturated heterocycles. The van der Waals surface area contributed by atoms with Crippen LogP contribution < -0.4 is 5.32 Å². The van der Waals surface area contributed by atoms with E-state index in [9.17, 15) is 9.59 Å². The van der Waals surface area contributed by atoms with Crippen LogP contribution in [0.25, 0.3) is 0 Å². The van der Waals surface area contributed by atoms with Gasteiger partial charge in [0.05, 0.1) is 0 Å². The van der Waals surface area contributed by atoms with Crippen molar-refractivity contribution < 1.29 is 14.3 Å². The van der Waals surface area contributed by atoms with E-state index in [1.54, 1.807) is 12.3 Å². The Hall–Kier alpha value is -1.30. The van der Waals surface area contributed by atoms with Gasteiger partial charge in [0.2, 0.25) is 0 Å². The van der Waals surface area contributed by atoms with Crippen molar-refractivity contribution in [2.75, 3.05) is 6.61 Å². The topological polar surface area (TPSA) is 71.2 Å². The normalized spacial score (nSPS) is 11.9. The van der Waals surface area contributed by atoms with Crippen molar-refractivity contribution in [2.45, 2.75) is 26.3 Å². The molecule has 1 rings (SSSR count). The summed E-state index contributed by atoms with van der Waals surface area (Å²) in [6.45, 7) is 3.59. The van der Waals surface area contributed by atoms with E-state index < -0.39 is 5.97 Å². The molecule has 1 aromatic heterocycles. The molecule has 0 bridgehead atoms. The van der Waals surface area contributed by atoms with Gasteiger partial charge in [0.25, 0.3) is 5.91 Å². The molecule has 1 heterocycles. The van der Waals surface area contributed by atoms with Crippen LogP contribution in [0.3, 0.4) is 0 Å². The molecule has 0 spiro atoms. The quantitative estimate of drug-likeness (QED) is 0.816. The molecule has 0 saturated carbocycles. The Morgan fingerprint density at radius 2 is 2.29 bits per heavy atom. The first-order valence-corrected chi connectivity index (χ1v) is 6.12. The number of nitrogens with one attached hydrogen (secondary N) is 2. The molecule has 0 fully saturated rings. The molecule has 0 aromatic carbocycles. The first-order chi connectivity index (χ1) is 8.02. The van der Waals surface area contributed by atoms with Crippen molar-refractivity contribution in [3.8, 4) is 0 Å². The van der Waals surface area contributed by atoms with E-state index in [0.29, 0.717) is 5.69 Å². The molecule has 1 amide bonds. The summed E-state index contributed by atoms with van der Waals surface area (Å²) >= 11 is 3.20. The number of esters is 1. The van der Waals surface area contributed by atoms with Gasteiger partial charge in [-0.2, -0.15) is 0 Å². The summed E-state index contributed by atoms with van der Waals surface area (Å²) in [4.78, 5) is 25.5. The van der Waals surface area contributed by atoms with Crippen LogP contribution >= 0.6 is 15.9 Å². The summed E-state index contributed by atoms with van der Waals surface area (Å²) in [6.07, 6.45) is 2.46. The number of aromatic nitrogens is 1. The Labute approximate surface area is 108 Å². The van der Waals surface area contributed by atoms with E-state index in [1.807, 2.05) is 13.8 Å². The molecule has 1 aromatic rings. The highest BCUT2D eigenvalue weighted by Crippen LogP contribution is 2.11. The predicted octanol–water partition coefficient (Wildman–Crippen LogP) is 1.85. The highest BCUT2D eigenvalue weighted by Gasteiger charge is 2.12. The van der Waals surface area contributed by atoms with Gasteiger partial charge in [-0.25, -0.2) is 4.79 Å². The fourth-order valence-electron chi connectivity index (χ4n) is 1.11. The molecule has 0 aliphatic heterocycles. The molecular weight excluding hydrogens is 288 g/mol. The molecule has 0 radical (unpaired) electrons. The second-order valence-corrected chi connectivity index (χ2v) is 4.60. The highest BCUT2D eigenvalue weighted by molar-refractivity contribution is 9.10. The number of hydrogen-bond donors (Lipinski definition) is 2. The molecule has 1 unspecified atom stereocenters. The van der Waals surface area contributed by atoms with Gasteiger partial charge in [0.15, 0.2) is 6.61 Å². The van der Waals surface area contributed by atoms with Crippen LogP contribution in [0.4, 0.5) is 0 Å². The Morgan fingerprint density at radius 3 is 2.82 bits per heavy atom. The van der Waals surface area contributed by atoms with Gasteiger partial charge in [-0.15, -0.1) is 0 Å². The number of ether oxygens (including phenoxy) is 1. The third kappa shape index (κ3) is 4.60. The van der Waals surface area contributed by atoms with Gasteiger partial charge in [-0.3, -0.25) is 4.79 Å².